The van der Waals surface area contributed by atoms with Gasteiger partial charge in [0.1, 0.15) is 17.2 Å². The summed E-state index contributed by atoms with van der Waals surface area (Å²) in [5.74, 6) is -0.388. The number of aliphatic hydroxyl groups is 2. The minimum Gasteiger partial charge on any atom is -0.457 e. The number of hydrogen-bond donors (Lipinski definition) is 4. The van der Waals surface area contributed by atoms with Crippen LogP contribution in [0.2, 0.25) is 0 Å². The maximum absolute atomic E-state index is 13.5. The van der Waals surface area contributed by atoms with E-state index in [0.29, 0.717) is 62.0 Å². The summed E-state index contributed by atoms with van der Waals surface area (Å²) in [5.41, 5.74) is 10.1. The minimum absolute atomic E-state index is 0.210. The van der Waals surface area contributed by atoms with Gasteiger partial charge in [0.15, 0.2) is 11.4 Å². The van der Waals surface area contributed by atoms with Crippen molar-refractivity contribution in [1.82, 2.24) is 9.97 Å². The van der Waals surface area contributed by atoms with Gasteiger partial charge in [0.2, 0.25) is 0 Å². The van der Waals surface area contributed by atoms with Gasteiger partial charge in [0.25, 0.3) is 0 Å². The van der Waals surface area contributed by atoms with Crippen LogP contribution >= 0.6 is 22.7 Å². The number of nitrogens with two attached hydrogens (primary N) is 2. The maximum atomic E-state index is 13.5. The first-order valence-electron chi connectivity index (χ1n) is 20.3. The van der Waals surface area contributed by atoms with Gasteiger partial charge < -0.3 is 35.9 Å². The summed E-state index contributed by atoms with van der Waals surface area (Å²) in [7, 11) is 1.62. The number of fused-ring (bicyclic) bond motifs is 5. The molecule has 320 valence electrons. The van der Waals surface area contributed by atoms with E-state index in [4.69, 9.17) is 25.7 Å². The quantitative estimate of drug-likeness (QED) is 0.129. The van der Waals surface area contributed by atoms with Crippen molar-refractivity contribution < 1.29 is 34.0 Å². The first-order valence-corrected chi connectivity index (χ1v) is 22.0. The van der Waals surface area contributed by atoms with E-state index in [1.54, 1.807) is 30.0 Å². The summed E-state index contributed by atoms with van der Waals surface area (Å²) in [6, 6.07) is 0. The molecule has 59 heavy (non-hydrogen) atoms. The second-order valence-corrected chi connectivity index (χ2v) is 17.7. The van der Waals surface area contributed by atoms with Crippen molar-refractivity contribution >= 4 is 40.7 Å². The molecule has 7 atom stereocenters. The molecule has 4 bridgehead atoms. The van der Waals surface area contributed by atoms with E-state index in [2.05, 4.69) is 22.1 Å². The Hall–Kier alpha value is -4.08. The summed E-state index contributed by atoms with van der Waals surface area (Å²) < 4.78 is 17.8. The predicted octanol–water partition coefficient (Wildman–Crippen LogP) is 7.72. The standard InChI is InChI=1S/C46H62N4O7S2/c1-45(2,37(51)21-13-15-26-47)39-23-10-8-6-7-9-20-34(55-5)29-42-50-36(31-59-42)44(54)57-40(46(3,4)38(52)22-14-16-27-48)24-17-19-33-28-32(33)18-11-12-25-41-49-35(30-58-41)43(53)56-39/h6-14,17-22,25,30-34,37-40,51-52H,15-16,23-24,26-29,47-48H2,1-5H3/b7-6-,10-8-,18-11+,19-17-,20-9+,21-13+,22-14+,25-12-/t32-,33+,34+,37+,38+,39+,40+/m1/s1. The molecule has 1 aliphatic carbocycles. The third-order valence-electron chi connectivity index (χ3n) is 10.6. The number of methoxy groups -OCH3 is 1. The Labute approximate surface area is 357 Å². The van der Waals surface area contributed by atoms with E-state index in [0.717, 1.165) is 11.4 Å². The van der Waals surface area contributed by atoms with Crippen molar-refractivity contribution in [3.63, 3.8) is 0 Å². The van der Waals surface area contributed by atoms with Crippen LogP contribution in [0.1, 0.15) is 90.8 Å². The zero-order chi connectivity index (χ0) is 42.8. The van der Waals surface area contributed by atoms with Gasteiger partial charge in [-0.3, -0.25) is 0 Å². The fourth-order valence-electron chi connectivity index (χ4n) is 6.26. The first kappa shape index (κ1) is 47.6. The topological polar surface area (TPSA) is 180 Å². The molecule has 0 unspecified atom stereocenters. The molecule has 2 aliphatic rings. The van der Waals surface area contributed by atoms with E-state index in [1.165, 1.54) is 22.7 Å². The molecule has 0 amide bonds. The van der Waals surface area contributed by atoms with Crippen LogP contribution < -0.4 is 11.5 Å². The van der Waals surface area contributed by atoms with Crippen LogP contribution in [-0.4, -0.2) is 82.8 Å². The van der Waals surface area contributed by atoms with Gasteiger partial charge in [0, 0.05) is 48.0 Å². The average molecular weight is 847 g/mol. The van der Waals surface area contributed by atoms with Crippen molar-refractivity contribution in [1.29, 1.82) is 0 Å². The van der Waals surface area contributed by atoms with Gasteiger partial charge >= 0.3 is 11.9 Å². The molecule has 2 aromatic rings. The van der Waals surface area contributed by atoms with Gasteiger partial charge in [-0.05, 0) is 50.3 Å². The third-order valence-corrected chi connectivity index (χ3v) is 12.3. The predicted molar refractivity (Wildman–Crippen MR) is 238 cm³/mol. The third kappa shape index (κ3) is 14.9. The van der Waals surface area contributed by atoms with Gasteiger partial charge in [0.05, 0.1) is 23.3 Å². The van der Waals surface area contributed by atoms with Gasteiger partial charge in [-0.15, -0.1) is 22.7 Å². The number of carbonyl (C=O) groups excluding carboxylic acids is 2. The number of rotatable bonds is 11. The van der Waals surface area contributed by atoms with E-state index in [1.807, 2.05) is 101 Å². The van der Waals surface area contributed by atoms with E-state index in [9.17, 15) is 19.8 Å². The van der Waals surface area contributed by atoms with Crippen LogP contribution in [-0.2, 0) is 20.6 Å². The van der Waals surface area contributed by atoms with Crippen molar-refractivity contribution in [3.05, 3.63) is 123 Å². The first-order chi connectivity index (χ1) is 28.3. The van der Waals surface area contributed by atoms with E-state index >= 15 is 0 Å². The number of ether oxygens (including phenoxy) is 3. The van der Waals surface area contributed by atoms with E-state index < -0.39 is 47.2 Å². The molecule has 0 radical (unpaired) electrons. The second kappa shape index (κ2) is 23.6. The summed E-state index contributed by atoms with van der Waals surface area (Å²) in [6.45, 7) is 8.47. The monoisotopic (exact) mass is 846 g/mol. The molecule has 2 aromatic heterocycles. The van der Waals surface area contributed by atoms with Crippen molar-refractivity contribution in [2.75, 3.05) is 20.2 Å². The molecule has 1 aliphatic heterocycles. The largest absolute Gasteiger partial charge is 0.457 e. The van der Waals surface area contributed by atoms with Crippen molar-refractivity contribution in [3.8, 4) is 0 Å². The lowest BCUT2D eigenvalue weighted by Crippen LogP contribution is -2.42. The Kier molecular flexibility index (Phi) is 19.1. The van der Waals surface area contributed by atoms with Crippen LogP contribution in [0.15, 0.2) is 102 Å². The molecule has 4 rings (SSSR count). The summed E-state index contributed by atoms with van der Waals surface area (Å²) in [4.78, 5) is 36.0. The highest BCUT2D eigenvalue weighted by molar-refractivity contribution is 7.10. The molecule has 11 nitrogen and oxygen atoms in total. The zero-order valence-electron chi connectivity index (χ0n) is 34.9. The number of aromatic nitrogens is 2. The molecular weight excluding hydrogens is 785 g/mol. The number of allylic oxidation sites excluding steroid dienone is 8. The van der Waals surface area contributed by atoms with Crippen LogP contribution in [0.4, 0.5) is 0 Å². The molecule has 3 heterocycles. The Bertz CT molecular complexity index is 1890. The van der Waals surface area contributed by atoms with Crippen LogP contribution in [0.25, 0.3) is 6.08 Å². The number of nitrogens with zero attached hydrogens (tertiary/aromatic N) is 2. The Morgan fingerprint density at radius 2 is 1.34 bits per heavy atom. The highest BCUT2D eigenvalue weighted by atomic mass is 32.1. The lowest BCUT2D eigenvalue weighted by molar-refractivity contribution is -0.0461. The lowest BCUT2D eigenvalue weighted by atomic mass is 9.78. The van der Waals surface area contributed by atoms with E-state index in [-0.39, 0.29) is 17.5 Å². The van der Waals surface area contributed by atoms with Crippen molar-refractivity contribution in [2.45, 2.75) is 96.7 Å². The molecule has 0 saturated heterocycles. The van der Waals surface area contributed by atoms with Crippen LogP contribution in [0, 0.1) is 22.7 Å². The Morgan fingerprint density at radius 3 is 1.97 bits per heavy atom. The fraction of sp³-hybridized carbons (Fsp3) is 0.478. The molecule has 0 aromatic carbocycles. The SMILES string of the molecule is CO[C@H]1/C=C/C=C\C=C/C[C@@H](C(C)(C)[C@@H](O)/C=C/CCN)OC(=O)c2csc(n2)/C=C\C=C\[C@@H]2C[C@@H]2/C=C\C[C@@H](C(C)(C)[C@@H](O)/C=C/CCN)OC(=O)c2csc(n2)C1. The summed E-state index contributed by atoms with van der Waals surface area (Å²) in [6.07, 6.45) is 30.6. The number of esters is 2. The number of hydrogen-bond acceptors (Lipinski definition) is 13. The van der Waals surface area contributed by atoms with Crippen LogP contribution in [0.3, 0.4) is 0 Å². The highest BCUT2D eigenvalue weighted by Crippen LogP contribution is 2.41. The minimum atomic E-state index is -0.883. The molecule has 6 N–H and O–H groups in total. The number of thiazole rings is 2. The van der Waals surface area contributed by atoms with Gasteiger partial charge in [-0.2, -0.15) is 0 Å². The zero-order valence-corrected chi connectivity index (χ0v) is 36.5. The normalized spacial score (nSPS) is 27.2. The smallest absolute Gasteiger partial charge is 0.358 e. The molecular formula is C46H62N4O7S2. The van der Waals surface area contributed by atoms with Gasteiger partial charge in [-0.25, -0.2) is 19.6 Å². The maximum Gasteiger partial charge on any atom is 0.358 e. The van der Waals surface area contributed by atoms with Crippen molar-refractivity contribution in [2.24, 2.45) is 34.1 Å². The second-order valence-electron chi connectivity index (χ2n) is 15.9. The summed E-state index contributed by atoms with van der Waals surface area (Å²) >= 11 is 2.71. The highest BCUT2D eigenvalue weighted by Gasteiger charge is 2.40. The average Bonchev–Trinajstić information content (AvgIpc) is 3.52. The number of cyclic esters (lactones) is 2. The number of carbonyl (C=O) groups is 2. The van der Waals surface area contributed by atoms with Gasteiger partial charge in [-0.1, -0.05) is 119 Å². The Morgan fingerprint density at radius 1 is 0.780 bits per heavy atom. The molecule has 1 fully saturated rings. The van der Waals surface area contributed by atoms with Crippen LogP contribution in [0.5, 0.6) is 0 Å². The lowest BCUT2D eigenvalue weighted by Gasteiger charge is -2.36. The molecule has 0 spiro atoms. The Balaban J connectivity index is 1.58. The fourth-order valence-corrected chi connectivity index (χ4v) is 7.76. The summed E-state index contributed by atoms with van der Waals surface area (Å²) in [5, 5.41) is 27.0. The number of aliphatic hydroxyl groups excluding tert-OH is 2. The molecule has 1 saturated carbocycles. The molecule has 13 heteroatoms.